The van der Waals surface area contributed by atoms with Crippen LogP contribution in [0.5, 0.6) is 0 Å². The summed E-state index contributed by atoms with van der Waals surface area (Å²) in [7, 11) is 1.81. The lowest BCUT2D eigenvalue weighted by Crippen LogP contribution is -2.04. The van der Waals surface area contributed by atoms with E-state index in [0.29, 0.717) is 11.4 Å². The van der Waals surface area contributed by atoms with Crippen molar-refractivity contribution in [2.75, 3.05) is 5.73 Å². The van der Waals surface area contributed by atoms with Gasteiger partial charge in [-0.1, -0.05) is 0 Å². The molecule has 2 aromatic rings. The summed E-state index contributed by atoms with van der Waals surface area (Å²) in [5.74, 6) is 0.248. The van der Waals surface area contributed by atoms with Crippen molar-refractivity contribution in [2.24, 2.45) is 7.05 Å². The third-order valence-electron chi connectivity index (χ3n) is 2.09. The molecule has 0 atom stereocenters. The molecule has 0 saturated heterocycles. The number of H-pyrrole nitrogens is 1. The third-order valence-corrected chi connectivity index (χ3v) is 2.09. The first kappa shape index (κ1) is 9.45. The Morgan fingerprint density at radius 1 is 1.60 bits per heavy atom. The Morgan fingerprint density at radius 3 is 2.93 bits per heavy atom. The van der Waals surface area contributed by atoms with Crippen molar-refractivity contribution in [1.82, 2.24) is 20.0 Å². The Morgan fingerprint density at radius 2 is 2.40 bits per heavy atom. The largest absolute Gasteiger partial charge is 0.383 e. The maximum atomic E-state index is 11.7. The van der Waals surface area contributed by atoms with E-state index < -0.39 is 0 Å². The van der Waals surface area contributed by atoms with Gasteiger partial charge in [-0.05, 0) is 5.56 Å². The topological polar surface area (TPSA) is 89.6 Å². The fourth-order valence-corrected chi connectivity index (χ4v) is 1.36. The fourth-order valence-electron chi connectivity index (χ4n) is 1.36. The molecule has 3 N–H and O–H groups in total. The van der Waals surface area contributed by atoms with Crippen LogP contribution in [0.15, 0.2) is 18.6 Å². The van der Waals surface area contributed by atoms with Crippen molar-refractivity contribution in [3.63, 3.8) is 0 Å². The first-order chi connectivity index (χ1) is 7.16. The van der Waals surface area contributed by atoms with Crippen molar-refractivity contribution < 1.29 is 4.79 Å². The normalized spacial score (nSPS) is 10.5. The van der Waals surface area contributed by atoms with Crippen LogP contribution >= 0.6 is 0 Å². The molecule has 2 heterocycles. The Kier molecular flexibility index (Phi) is 2.24. The van der Waals surface area contributed by atoms with Crippen LogP contribution in [0, 0.1) is 0 Å². The molecule has 2 rings (SSSR count). The summed E-state index contributed by atoms with van der Waals surface area (Å²) in [6, 6.07) is 0. The van der Waals surface area contributed by atoms with Gasteiger partial charge in [0.1, 0.15) is 5.82 Å². The second-order valence-electron chi connectivity index (χ2n) is 3.32. The van der Waals surface area contributed by atoms with Gasteiger partial charge in [-0.25, -0.2) is 0 Å². The molecule has 0 spiro atoms. The van der Waals surface area contributed by atoms with Crippen LogP contribution in [0.25, 0.3) is 0 Å². The molecule has 0 aliphatic rings. The van der Waals surface area contributed by atoms with Gasteiger partial charge in [0.2, 0.25) is 0 Å². The molecule has 78 valence electrons. The minimum atomic E-state index is -0.0609. The Hall–Kier alpha value is -2.11. The van der Waals surface area contributed by atoms with E-state index in [1.54, 1.807) is 24.1 Å². The van der Waals surface area contributed by atoms with Gasteiger partial charge < -0.3 is 5.73 Å². The summed E-state index contributed by atoms with van der Waals surface area (Å²) in [6.07, 6.45) is 5.19. The second-order valence-corrected chi connectivity index (χ2v) is 3.32. The standard InChI is InChI=1S/C9H11N5O/c1-14-5-6(3-12-14)2-8(15)7-4-11-13-9(7)10/h3-5H,2H2,1H3,(H3,10,11,13). The smallest absolute Gasteiger partial charge is 0.172 e. The van der Waals surface area contributed by atoms with Crippen LogP contribution in [0.1, 0.15) is 15.9 Å². The Labute approximate surface area is 86.1 Å². The third kappa shape index (κ3) is 1.88. The highest BCUT2D eigenvalue weighted by molar-refractivity contribution is 6.00. The quantitative estimate of drug-likeness (QED) is 0.698. The predicted molar refractivity (Wildman–Crippen MR) is 54.2 cm³/mol. The van der Waals surface area contributed by atoms with E-state index in [2.05, 4.69) is 15.3 Å². The number of nitrogens with two attached hydrogens (primary N) is 1. The zero-order valence-electron chi connectivity index (χ0n) is 8.27. The van der Waals surface area contributed by atoms with Crippen LogP contribution in [-0.4, -0.2) is 25.8 Å². The number of rotatable bonds is 3. The van der Waals surface area contributed by atoms with Crippen LogP contribution < -0.4 is 5.73 Å². The number of ketones is 1. The average molecular weight is 205 g/mol. The molecule has 0 aromatic carbocycles. The van der Waals surface area contributed by atoms with Gasteiger partial charge in [-0.15, -0.1) is 0 Å². The first-order valence-corrected chi connectivity index (χ1v) is 4.46. The molecule has 6 nitrogen and oxygen atoms in total. The van der Waals surface area contributed by atoms with Gasteiger partial charge in [0, 0.05) is 19.7 Å². The minimum Gasteiger partial charge on any atom is -0.383 e. The number of carbonyl (C=O) groups is 1. The van der Waals surface area contributed by atoms with E-state index in [0.717, 1.165) is 5.56 Å². The molecule has 0 radical (unpaired) electrons. The molecule has 15 heavy (non-hydrogen) atoms. The molecule has 2 aromatic heterocycles. The lowest BCUT2D eigenvalue weighted by molar-refractivity contribution is 0.0994. The minimum absolute atomic E-state index is 0.0609. The van der Waals surface area contributed by atoms with Crippen molar-refractivity contribution in [2.45, 2.75) is 6.42 Å². The van der Waals surface area contributed by atoms with Gasteiger partial charge in [0.15, 0.2) is 5.78 Å². The van der Waals surface area contributed by atoms with Crippen molar-refractivity contribution in [3.05, 3.63) is 29.7 Å². The van der Waals surface area contributed by atoms with E-state index in [9.17, 15) is 4.79 Å². The average Bonchev–Trinajstić information content (AvgIpc) is 2.75. The molecule has 0 amide bonds. The number of aryl methyl sites for hydroxylation is 1. The highest BCUT2D eigenvalue weighted by atomic mass is 16.1. The van der Waals surface area contributed by atoms with E-state index in [-0.39, 0.29) is 12.2 Å². The monoisotopic (exact) mass is 205 g/mol. The molecular formula is C9H11N5O. The summed E-state index contributed by atoms with van der Waals surface area (Å²) in [5.41, 5.74) is 6.83. The van der Waals surface area contributed by atoms with Gasteiger partial charge in [0.25, 0.3) is 0 Å². The van der Waals surface area contributed by atoms with Crippen LogP contribution in [0.4, 0.5) is 5.82 Å². The zero-order chi connectivity index (χ0) is 10.8. The Bertz CT molecular complexity index is 484. The maximum absolute atomic E-state index is 11.7. The number of nitrogens with one attached hydrogen (secondary N) is 1. The lowest BCUT2D eigenvalue weighted by Gasteiger charge is -1.95. The first-order valence-electron chi connectivity index (χ1n) is 4.46. The van der Waals surface area contributed by atoms with Crippen LogP contribution in [0.2, 0.25) is 0 Å². The SMILES string of the molecule is Cn1cc(CC(=O)c2cn[nH]c2N)cn1. The summed E-state index contributed by atoms with van der Waals surface area (Å²) in [4.78, 5) is 11.7. The number of carbonyl (C=O) groups excluding carboxylic acids is 1. The number of anilines is 1. The number of Topliss-reactive ketones (excluding diaryl/α,β-unsaturated/α-hetero) is 1. The molecule has 0 aliphatic heterocycles. The number of nitrogens with zero attached hydrogens (tertiary/aromatic N) is 3. The predicted octanol–water partition coefficient (Wildman–Crippen LogP) is 0.151. The van der Waals surface area contributed by atoms with Crippen molar-refractivity contribution in [3.8, 4) is 0 Å². The van der Waals surface area contributed by atoms with E-state index in [4.69, 9.17) is 5.73 Å². The zero-order valence-corrected chi connectivity index (χ0v) is 8.27. The van der Waals surface area contributed by atoms with E-state index in [1.165, 1.54) is 6.20 Å². The van der Waals surface area contributed by atoms with Crippen molar-refractivity contribution >= 4 is 11.6 Å². The summed E-state index contributed by atoms with van der Waals surface area (Å²) in [5, 5.41) is 10.2. The maximum Gasteiger partial charge on any atom is 0.172 e. The summed E-state index contributed by atoms with van der Waals surface area (Å²) >= 11 is 0. The van der Waals surface area contributed by atoms with Crippen LogP contribution in [-0.2, 0) is 13.5 Å². The summed E-state index contributed by atoms with van der Waals surface area (Å²) in [6.45, 7) is 0. The van der Waals surface area contributed by atoms with Crippen molar-refractivity contribution in [1.29, 1.82) is 0 Å². The van der Waals surface area contributed by atoms with Crippen LogP contribution in [0.3, 0.4) is 0 Å². The molecule has 0 bridgehead atoms. The molecule has 6 heteroatoms. The van der Waals surface area contributed by atoms with E-state index >= 15 is 0 Å². The lowest BCUT2D eigenvalue weighted by atomic mass is 10.1. The number of hydrogen-bond acceptors (Lipinski definition) is 4. The Balaban J connectivity index is 2.14. The highest BCUT2D eigenvalue weighted by Crippen LogP contribution is 2.10. The number of nitrogen functional groups attached to an aromatic ring is 1. The fraction of sp³-hybridized carbons (Fsp3) is 0.222. The van der Waals surface area contributed by atoms with Gasteiger partial charge in [-0.2, -0.15) is 10.2 Å². The van der Waals surface area contributed by atoms with Gasteiger partial charge in [0.05, 0.1) is 18.0 Å². The highest BCUT2D eigenvalue weighted by Gasteiger charge is 2.12. The second kappa shape index (κ2) is 3.56. The number of aromatic nitrogens is 4. The number of hydrogen-bond donors (Lipinski definition) is 2. The van der Waals surface area contributed by atoms with Gasteiger partial charge >= 0.3 is 0 Å². The molecule has 0 unspecified atom stereocenters. The number of aromatic amines is 1. The molecular weight excluding hydrogens is 194 g/mol. The molecule has 0 fully saturated rings. The summed E-state index contributed by atoms with van der Waals surface area (Å²) < 4.78 is 1.65. The van der Waals surface area contributed by atoms with E-state index in [1.807, 2.05) is 0 Å². The van der Waals surface area contributed by atoms with Gasteiger partial charge in [-0.3, -0.25) is 14.6 Å². The molecule has 0 aliphatic carbocycles. The molecule has 0 saturated carbocycles.